The molecule has 0 fully saturated rings. The van der Waals surface area contributed by atoms with Gasteiger partial charge in [0, 0.05) is 12.4 Å². The molecule has 1 aromatic heterocycles. The van der Waals surface area contributed by atoms with Crippen molar-refractivity contribution in [1.29, 1.82) is 0 Å². The van der Waals surface area contributed by atoms with Crippen LogP contribution in [0.15, 0.2) is 35.6 Å². The lowest BCUT2D eigenvalue weighted by Gasteiger charge is -2.03. The lowest BCUT2D eigenvalue weighted by molar-refractivity contribution is -0.138. The Morgan fingerprint density at radius 2 is 2.06 bits per heavy atom. The summed E-state index contributed by atoms with van der Waals surface area (Å²) < 4.78 is 0. The van der Waals surface area contributed by atoms with Crippen molar-refractivity contribution in [2.75, 3.05) is 0 Å². The van der Waals surface area contributed by atoms with E-state index in [-0.39, 0.29) is 0 Å². The molecular weight excluding hydrogens is 204 g/mol. The van der Waals surface area contributed by atoms with Crippen LogP contribution < -0.4 is 0 Å². The fourth-order valence-corrected chi connectivity index (χ4v) is 1.00. The molecule has 0 saturated heterocycles. The number of hydrogen-bond acceptors (Lipinski definition) is 3. The highest BCUT2D eigenvalue weighted by Gasteiger charge is 2.12. The van der Waals surface area contributed by atoms with Crippen LogP contribution in [0.2, 0.25) is 0 Å². The first-order chi connectivity index (χ1) is 7.72. The Labute approximate surface area is 96.1 Å². The molecule has 1 rings (SSSR count). The Morgan fingerprint density at radius 3 is 2.31 bits per heavy atom. The number of carbonyl (C=O) groups is 1. The van der Waals surface area contributed by atoms with Gasteiger partial charge >= 0.3 is 5.97 Å². The fourth-order valence-electron chi connectivity index (χ4n) is 1.00. The number of nitrogens with zero attached hydrogens (tertiary/aromatic N) is 2. The summed E-state index contributed by atoms with van der Waals surface area (Å²) >= 11 is 0. The third kappa shape index (κ3) is 7.67. The van der Waals surface area contributed by atoms with Crippen molar-refractivity contribution in [1.82, 2.24) is 4.98 Å². The van der Waals surface area contributed by atoms with E-state index in [4.69, 9.17) is 5.11 Å². The summed E-state index contributed by atoms with van der Waals surface area (Å²) in [4.78, 5) is 17.6. The van der Waals surface area contributed by atoms with E-state index in [0.717, 1.165) is 12.8 Å². The van der Waals surface area contributed by atoms with E-state index in [1.54, 1.807) is 12.4 Å². The van der Waals surface area contributed by atoms with Gasteiger partial charge in [-0.15, -0.1) is 0 Å². The number of pyridine rings is 1. The van der Waals surface area contributed by atoms with E-state index in [2.05, 4.69) is 16.7 Å². The van der Waals surface area contributed by atoms with Crippen LogP contribution in [0.25, 0.3) is 0 Å². The number of carboxylic acid groups (broad SMARTS) is 1. The van der Waals surface area contributed by atoms with Crippen LogP contribution in [0.4, 0.5) is 0 Å². The molecular formula is C12H18N2O2. The van der Waals surface area contributed by atoms with Crippen LogP contribution in [-0.2, 0) is 4.79 Å². The summed E-state index contributed by atoms with van der Waals surface area (Å²) in [6.45, 7) is 5.22. The van der Waals surface area contributed by atoms with Crippen molar-refractivity contribution in [3.63, 3.8) is 0 Å². The van der Waals surface area contributed by atoms with Crippen molar-refractivity contribution in [2.24, 2.45) is 4.99 Å². The molecule has 0 saturated carbocycles. The minimum atomic E-state index is -0.872. The monoisotopic (exact) mass is 222 g/mol. The number of rotatable bonds is 5. The van der Waals surface area contributed by atoms with E-state index in [1.165, 1.54) is 0 Å². The topological polar surface area (TPSA) is 62.5 Å². The third-order valence-corrected chi connectivity index (χ3v) is 1.90. The van der Waals surface area contributed by atoms with Gasteiger partial charge in [0.05, 0.1) is 0 Å². The van der Waals surface area contributed by atoms with Crippen LogP contribution in [-0.4, -0.2) is 28.8 Å². The molecule has 4 nitrogen and oxygen atoms in total. The zero-order valence-corrected chi connectivity index (χ0v) is 9.54. The SMILES string of the molecule is C=NC(CCCC)C(=O)O.c1ccncc1. The molecule has 0 amide bonds. The second-order valence-corrected chi connectivity index (χ2v) is 3.20. The molecule has 1 aromatic rings. The maximum atomic E-state index is 10.3. The summed E-state index contributed by atoms with van der Waals surface area (Å²) in [7, 11) is 0. The predicted molar refractivity (Wildman–Crippen MR) is 64.7 cm³/mol. The van der Waals surface area contributed by atoms with Crippen molar-refractivity contribution >= 4 is 12.7 Å². The van der Waals surface area contributed by atoms with Crippen LogP contribution in [0, 0.1) is 0 Å². The van der Waals surface area contributed by atoms with Crippen LogP contribution in [0.3, 0.4) is 0 Å². The number of hydrogen-bond donors (Lipinski definition) is 1. The average molecular weight is 222 g/mol. The standard InChI is InChI=1S/C7H13NO2.C5H5N/c1-3-4-5-6(8-2)7(9)10;1-2-4-6-5-3-1/h6H,2-5H2,1H3,(H,9,10);1-5H. The van der Waals surface area contributed by atoms with E-state index in [0.29, 0.717) is 6.42 Å². The highest BCUT2D eigenvalue weighted by molar-refractivity contribution is 5.74. The lowest BCUT2D eigenvalue weighted by Crippen LogP contribution is -2.16. The van der Waals surface area contributed by atoms with Gasteiger partial charge in [0.15, 0.2) is 0 Å². The van der Waals surface area contributed by atoms with Gasteiger partial charge in [-0.1, -0.05) is 25.8 Å². The molecule has 0 radical (unpaired) electrons. The molecule has 0 aromatic carbocycles. The second kappa shape index (κ2) is 9.83. The highest BCUT2D eigenvalue weighted by Crippen LogP contribution is 2.03. The first-order valence-corrected chi connectivity index (χ1v) is 5.26. The van der Waals surface area contributed by atoms with Gasteiger partial charge in [0.25, 0.3) is 0 Å². The zero-order valence-electron chi connectivity index (χ0n) is 9.54. The third-order valence-electron chi connectivity index (χ3n) is 1.90. The molecule has 0 aliphatic heterocycles. The summed E-state index contributed by atoms with van der Waals surface area (Å²) in [5.41, 5.74) is 0. The summed E-state index contributed by atoms with van der Waals surface area (Å²) in [6, 6.07) is 5.12. The second-order valence-electron chi connectivity index (χ2n) is 3.20. The van der Waals surface area contributed by atoms with Gasteiger partial charge in [-0.3, -0.25) is 9.98 Å². The Hall–Kier alpha value is -1.71. The molecule has 1 atom stereocenters. The van der Waals surface area contributed by atoms with Crippen molar-refractivity contribution < 1.29 is 9.90 Å². The first-order valence-electron chi connectivity index (χ1n) is 5.26. The molecule has 16 heavy (non-hydrogen) atoms. The average Bonchev–Trinajstić information content (AvgIpc) is 2.33. The summed E-state index contributed by atoms with van der Waals surface area (Å²) in [5, 5.41) is 8.47. The minimum Gasteiger partial charge on any atom is -0.480 e. The quantitative estimate of drug-likeness (QED) is 0.778. The lowest BCUT2D eigenvalue weighted by atomic mass is 10.1. The number of aromatic nitrogens is 1. The van der Waals surface area contributed by atoms with E-state index in [1.807, 2.05) is 25.1 Å². The van der Waals surface area contributed by atoms with E-state index in [9.17, 15) is 4.79 Å². The number of aliphatic carboxylic acids is 1. The maximum absolute atomic E-state index is 10.3. The molecule has 4 heteroatoms. The molecule has 0 aliphatic carbocycles. The largest absolute Gasteiger partial charge is 0.480 e. The number of aliphatic imine (C=N–C) groups is 1. The van der Waals surface area contributed by atoms with Crippen molar-refractivity contribution in [3.8, 4) is 0 Å². The molecule has 1 N–H and O–H groups in total. The fraction of sp³-hybridized carbons (Fsp3) is 0.417. The molecule has 1 heterocycles. The van der Waals surface area contributed by atoms with Crippen LogP contribution in [0.5, 0.6) is 0 Å². The summed E-state index contributed by atoms with van der Waals surface area (Å²) in [6.07, 6.45) is 6.00. The molecule has 0 spiro atoms. The van der Waals surface area contributed by atoms with Crippen molar-refractivity contribution in [2.45, 2.75) is 32.2 Å². The molecule has 1 unspecified atom stereocenters. The smallest absolute Gasteiger partial charge is 0.328 e. The first kappa shape index (κ1) is 14.3. The number of unbranched alkanes of at least 4 members (excludes halogenated alkanes) is 1. The Bertz CT molecular complexity index is 262. The van der Waals surface area contributed by atoms with Gasteiger partial charge in [0.2, 0.25) is 0 Å². The van der Waals surface area contributed by atoms with Crippen LogP contribution in [0.1, 0.15) is 26.2 Å². The zero-order chi connectivity index (χ0) is 12.2. The van der Waals surface area contributed by atoms with E-state index >= 15 is 0 Å². The normalized spacial score (nSPS) is 10.8. The van der Waals surface area contributed by atoms with Crippen molar-refractivity contribution in [3.05, 3.63) is 30.6 Å². The highest BCUT2D eigenvalue weighted by atomic mass is 16.4. The van der Waals surface area contributed by atoms with E-state index < -0.39 is 12.0 Å². The minimum absolute atomic E-state index is 0.597. The maximum Gasteiger partial charge on any atom is 0.328 e. The van der Waals surface area contributed by atoms with Gasteiger partial charge in [0.1, 0.15) is 6.04 Å². The summed E-state index contributed by atoms with van der Waals surface area (Å²) in [5.74, 6) is -0.872. The Balaban J connectivity index is 0.000000315. The predicted octanol–water partition coefficient (Wildman–Crippen LogP) is 2.41. The van der Waals surface area contributed by atoms with Gasteiger partial charge in [-0.25, -0.2) is 4.79 Å². The molecule has 0 bridgehead atoms. The molecule has 0 aliphatic rings. The number of carboxylic acids is 1. The molecule has 88 valence electrons. The van der Waals surface area contributed by atoms with Gasteiger partial charge in [-0.2, -0.15) is 0 Å². The van der Waals surface area contributed by atoms with Gasteiger partial charge in [-0.05, 0) is 25.3 Å². The van der Waals surface area contributed by atoms with Crippen LogP contribution >= 0.6 is 0 Å². The Kier molecular flexibility index (Phi) is 8.78. The van der Waals surface area contributed by atoms with Gasteiger partial charge < -0.3 is 5.11 Å². The Morgan fingerprint density at radius 1 is 1.44 bits per heavy atom.